The fraction of sp³-hybridized carbons (Fsp3) is 0.680. The van der Waals surface area contributed by atoms with Crippen molar-refractivity contribution in [3.05, 3.63) is 24.1 Å². The van der Waals surface area contributed by atoms with Crippen LogP contribution in [0.25, 0.3) is 11.1 Å². The maximum Gasteiger partial charge on any atom is 0.271 e. The molecule has 5 rings (SSSR count). The molecule has 180 valence electrons. The van der Waals surface area contributed by atoms with E-state index in [-0.39, 0.29) is 17.9 Å². The van der Waals surface area contributed by atoms with Crippen LogP contribution in [-0.2, 0) is 16.1 Å². The van der Waals surface area contributed by atoms with Crippen LogP contribution in [0.4, 0.5) is 0 Å². The zero-order chi connectivity index (χ0) is 22.8. The summed E-state index contributed by atoms with van der Waals surface area (Å²) in [6.07, 6.45) is 9.29. The second-order valence-electron chi connectivity index (χ2n) is 9.99. The van der Waals surface area contributed by atoms with Crippen molar-refractivity contribution in [1.29, 1.82) is 0 Å². The zero-order valence-corrected chi connectivity index (χ0v) is 19.7. The Morgan fingerprint density at radius 1 is 1.15 bits per heavy atom. The Balaban J connectivity index is 1.38. The summed E-state index contributed by atoms with van der Waals surface area (Å²) < 4.78 is 13.0. The van der Waals surface area contributed by atoms with Crippen LogP contribution in [0.5, 0.6) is 0 Å². The number of nitrogens with one attached hydrogen (secondary N) is 1. The minimum Gasteiger partial charge on any atom is -0.463 e. The third kappa shape index (κ3) is 4.43. The highest BCUT2D eigenvalue weighted by Crippen LogP contribution is 2.33. The molecule has 4 heterocycles. The molecule has 2 aromatic heterocycles. The van der Waals surface area contributed by atoms with Crippen molar-refractivity contribution < 1.29 is 18.7 Å². The number of hydrogen-bond acceptors (Lipinski definition) is 5. The second kappa shape index (κ2) is 9.50. The van der Waals surface area contributed by atoms with Crippen molar-refractivity contribution in [1.82, 2.24) is 19.7 Å². The number of amides is 2. The van der Waals surface area contributed by atoms with Crippen LogP contribution >= 0.6 is 0 Å². The van der Waals surface area contributed by atoms with E-state index in [9.17, 15) is 9.59 Å². The van der Waals surface area contributed by atoms with Crippen LogP contribution in [0.3, 0.4) is 0 Å². The first-order valence-electron chi connectivity index (χ1n) is 12.6. The molecule has 2 amide bonds. The summed E-state index contributed by atoms with van der Waals surface area (Å²) in [6.45, 7) is 7.19. The summed E-state index contributed by atoms with van der Waals surface area (Å²) in [6, 6.07) is 3.89. The van der Waals surface area contributed by atoms with Gasteiger partial charge in [0, 0.05) is 44.4 Å². The Hall–Kier alpha value is -2.32. The Bertz CT molecular complexity index is 984. The van der Waals surface area contributed by atoms with Crippen molar-refractivity contribution in [3.63, 3.8) is 0 Å². The molecule has 8 nitrogen and oxygen atoms in total. The van der Waals surface area contributed by atoms with Gasteiger partial charge in [-0.1, -0.05) is 25.7 Å². The van der Waals surface area contributed by atoms with Gasteiger partial charge in [-0.3, -0.25) is 14.5 Å². The van der Waals surface area contributed by atoms with Gasteiger partial charge in [0.2, 0.25) is 5.91 Å². The molecule has 8 heteroatoms. The van der Waals surface area contributed by atoms with E-state index in [1.165, 1.54) is 12.8 Å². The molecule has 33 heavy (non-hydrogen) atoms. The van der Waals surface area contributed by atoms with Crippen molar-refractivity contribution in [2.45, 2.75) is 70.0 Å². The third-order valence-corrected chi connectivity index (χ3v) is 7.69. The first-order valence-corrected chi connectivity index (χ1v) is 12.6. The summed E-state index contributed by atoms with van der Waals surface area (Å²) in [5, 5.41) is 3.33. The predicted octanol–water partition coefficient (Wildman–Crippen LogP) is 3.01. The number of ether oxygens (including phenoxy) is 1. The van der Waals surface area contributed by atoms with Crippen LogP contribution in [0.15, 0.2) is 22.8 Å². The van der Waals surface area contributed by atoms with Gasteiger partial charge in [-0.15, -0.1) is 0 Å². The van der Waals surface area contributed by atoms with E-state index < -0.39 is 5.54 Å². The lowest BCUT2D eigenvalue weighted by Crippen LogP contribution is -2.65. The van der Waals surface area contributed by atoms with Crippen molar-refractivity contribution in [2.24, 2.45) is 0 Å². The van der Waals surface area contributed by atoms with E-state index in [2.05, 4.69) is 10.2 Å². The summed E-state index contributed by atoms with van der Waals surface area (Å²) >= 11 is 0. The van der Waals surface area contributed by atoms with Crippen molar-refractivity contribution in [2.75, 3.05) is 39.4 Å². The van der Waals surface area contributed by atoms with Crippen LogP contribution in [0, 0.1) is 0 Å². The summed E-state index contributed by atoms with van der Waals surface area (Å²) in [5.41, 5.74) is 1.24. The number of rotatable bonds is 6. The Morgan fingerprint density at radius 2 is 1.91 bits per heavy atom. The normalized spacial score (nSPS) is 25.2. The molecule has 2 fully saturated rings. The Kier molecular flexibility index (Phi) is 6.47. The Morgan fingerprint density at radius 3 is 2.67 bits per heavy atom. The van der Waals surface area contributed by atoms with E-state index >= 15 is 0 Å². The second-order valence-corrected chi connectivity index (χ2v) is 9.99. The lowest BCUT2D eigenvalue weighted by atomic mass is 9.93. The van der Waals surface area contributed by atoms with Gasteiger partial charge in [-0.2, -0.15) is 0 Å². The van der Waals surface area contributed by atoms with E-state index in [1.54, 1.807) is 6.26 Å². The third-order valence-electron chi connectivity index (χ3n) is 7.69. The van der Waals surface area contributed by atoms with E-state index in [0.717, 1.165) is 70.5 Å². The van der Waals surface area contributed by atoms with Crippen LogP contribution in [0.2, 0.25) is 0 Å². The molecule has 0 bridgehead atoms. The predicted molar refractivity (Wildman–Crippen MR) is 125 cm³/mol. The molecular formula is C25H36N4O4. The minimum atomic E-state index is -0.940. The molecule has 1 unspecified atom stereocenters. The molecule has 1 saturated heterocycles. The number of nitrogens with zero attached hydrogens (tertiary/aromatic N) is 3. The summed E-state index contributed by atoms with van der Waals surface area (Å²) in [7, 11) is 0. The van der Waals surface area contributed by atoms with Crippen LogP contribution in [-0.4, -0.2) is 77.2 Å². The highest BCUT2D eigenvalue weighted by Gasteiger charge is 2.48. The molecule has 1 atom stereocenters. The topological polar surface area (TPSA) is 80.0 Å². The highest BCUT2D eigenvalue weighted by atomic mass is 16.5. The number of carbonyl (C=O) groups is 2. The first kappa shape index (κ1) is 22.5. The fourth-order valence-corrected chi connectivity index (χ4v) is 5.66. The van der Waals surface area contributed by atoms with Gasteiger partial charge in [-0.05, 0) is 26.2 Å². The average Bonchev–Trinajstić information content (AvgIpc) is 3.31. The molecule has 1 N–H and O–H groups in total. The SMILES string of the molecule is CC1(C(=O)NC2CCCCCC2)Cn2c(cc3occc32)C(=O)N1CCCN1CCOCC1. The number of aromatic nitrogens is 1. The molecular weight excluding hydrogens is 420 g/mol. The average molecular weight is 457 g/mol. The maximum atomic E-state index is 13.8. The van der Waals surface area contributed by atoms with Gasteiger partial charge in [0.25, 0.3) is 5.91 Å². The molecule has 0 radical (unpaired) electrons. The molecule has 1 saturated carbocycles. The van der Waals surface area contributed by atoms with Crippen molar-refractivity contribution in [3.8, 4) is 0 Å². The van der Waals surface area contributed by atoms with Gasteiger partial charge in [-0.25, -0.2) is 0 Å². The maximum absolute atomic E-state index is 13.8. The van der Waals surface area contributed by atoms with Gasteiger partial charge in [0.1, 0.15) is 11.2 Å². The highest BCUT2D eigenvalue weighted by molar-refractivity contribution is 6.02. The molecule has 0 spiro atoms. The van der Waals surface area contributed by atoms with Crippen LogP contribution in [0.1, 0.15) is 62.4 Å². The quantitative estimate of drug-likeness (QED) is 0.676. The number of fused-ring (bicyclic) bond motifs is 3. The standard InChI is InChI=1S/C25H36N4O4/c1-25(24(31)26-19-7-4-2-3-5-8-19)18-28-20-9-14-33-22(20)17-21(28)23(30)29(25)11-6-10-27-12-15-32-16-13-27/h9,14,17,19H,2-8,10-13,15-16,18H2,1H3,(H,26,31). The van der Waals surface area contributed by atoms with Crippen LogP contribution < -0.4 is 5.32 Å². The monoisotopic (exact) mass is 456 g/mol. The molecule has 2 aliphatic heterocycles. The summed E-state index contributed by atoms with van der Waals surface area (Å²) in [4.78, 5) is 31.6. The molecule has 0 aromatic carbocycles. The van der Waals surface area contributed by atoms with Gasteiger partial charge in [0.05, 0.1) is 31.5 Å². The Labute approximate surface area is 195 Å². The first-order chi connectivity index (χ1) is 16.1. The van der Waals surface area contributed by atoms with E-state index in [1.807, 2.05) is 28.5 Å². The van der Waals surface area contributed by atoms with Gasteiger partial charge < -0.3 is 23.9 Å². The van der Waals surface area contributed by atoms with Gasteiger partial charge in [0.15, 0.2) is 5.58 Å². The zero-order valence-electron chi connectivity index (χ0n) is 19.7. The number of furan rings is 1. The number of hydrogen-bond donors (Lipinski definition) is 1. The lowest BCUT2D eigenvalue weighted by Gasteiger charge is -2.45. The minimum absolute atomic E-state index is 0.0369. The number of carbonyl (C=O) groups excluding carboxylic acids is 2. The summed E-state index contributed by atoms with van der Waals surface area (Å²) in [5.74, 6) is -0.127. The lowest BCUT2D eigenvalue weighted by molar-refractivity contribution is -0.133. The van der Waals surface area contributed by atoms with E-state index in [0.29, 0.717) is 24.4 Å². The molecule has 1 aliphatic carbocycles. The molecule has 2 aromatic rings. The fourth-order valence-electron chi connectivity index (χ4n) is 5.66. The number of morpholine rings is 1. The van der Waals surface area contributed by atoms with Crippen molar-refractivity contribution >= 4 is 22.9 Å². The largest absolute Gasteiger partial charge is 0.463 e. The smallest absolute Gasteiger partial charge is 0.271 e. The van der Waals surface area contributed by atoms with Gasteiger partial charge >= 0.3 is 0 Å². The molecule has 3 aliphatic rings. The van der Waals surface area contributed by atoms with E-state index in [4.69, 9.17) is 9.15 Å².